The van der Waals surface area contributed by atoms with E-state index in [0.29, 0.717) is 4.88 Å². The van der Waals surface area contributed by atoms with Gasteiger partial charge >= 0.3 is 5.97 Å². The van der Waals surface area contributed by atoms with E-state index in [1.807, 2.05) is 30.3 Å². The van der Waals surface area contributed by atoms with Gasteiger partial charge < -0.3 is 19.3 Å². The summed E-state index contributed by atoms with van der Waals surface area (Å²) in [5.74, 6) is -1.30. The number of hydrogen-bond acceptors (Lipinski definition) is 8. The second-order valence-corrected chi connectivity index (χ2v) is 16.6. The maximum Gasteiger partial charge on any atom is 0.346 e. The van der Waals surface area contributed by atoms with Gasteiger partial charge in [0, 0.05) is 55.4 Å². The van der Waals surface area contributed by atoms with E-state index < -0.39 is 5.97 Å². The zero-order valence-corrected chi connectivity index (χ0v) is 34.0. The summed E-state index contributed by atoms with van der Waals surface area (Å²) < 4.78 is 7.02. The molecule has 0 saturated carbocycles. The van der Waals surface area contributed by atoms with Crippen LogP contribution in [0.3, 0.4) is 0 Å². The first-order valence-electron chi connectivity index (χ1n) is 18.9. The number of fused-ring (bicyclic) bond motifs is 3. The lowest BCUT2D eigenvalue weighted by molar-refractivity contribution is -0.132. The van der Waals surface area contributed by atoms with Crippen molar-refractivity contribution in [1.29, 1.82) is 10.5 Å². The quantitative estimate of drug-likeness (QED) is 0.0565. The number of anilines is 3. The molecule has 1 aliphatic rings. The van der Waals surface area contributed by atoms with Crippen molar-refractivity contribution in [1.82, 2.24) is 4.57 Å². The average molecular weight is 809 g/mol. The first-order valence-corrected chi connectivity index (χ1v) is 20.5. The molecule has 8 rings (SSSR count). The molecule has 8 nitrogen and oxygen atoms in total. The van der Waals surface area contributed by atoms with Gasteiger partial charge in [0.25, 0.3) is 6.47 Å². The fourth-order valence-electron chi connectivity index (χ4n) is 7.82. The lowest BCUT2D eigenvalue weighted by atomic mass is 9.82. The Morgan fingerprint density at radius 3 is 2.00 bits per heavy atom. The van der Waals surface area contributed by atoms with Gasteiger partial charge in [-0.25, -0.2) is 4.79 Å². The molecule has 0 amide bonds. The third-order valence-electron chi connectivity index (χ3n) is 10.7. The Kier molecular flexibility index (Phi) is 10.4. The van der Waals surface area contributed by atoms with E-state index in [2.05, 4.69) is 133 Å². The fraction of sp³-hybridized carbons (Fsp3) is 0.102. The third kappa shape index (κ3) is 7.28. The largest absolute Gasteiger partial charge is 0.477 e. The number of hydrogen-bond donors (Lipinski definition) is 1. The molecule has 288 valence electrons. The van der Waals surface area contributed by atoms with Crippen LogP contribution in [0.5, 0.6) is 0 Å². The third-order valence-corrected chi connectivity index (χ3v) is 12.8. The molecule has 59 heavy (non-hydrogen) atoms. The number of aromatic nitrogens is 1. The van der Waals surface area contributed by atoms with Gasteiger partial charge in [-0.05, 0) is 119 Å². The van der Waals surface area contributed by atoms with Crippen LogP contribution in [0.2, 0.25) is 0 Å². The summed E-state index contributed by atoms with van der Waals surface area (Å²) in [5.41, 5.74) is 11.8. The summed E-state index contributed by atoms with van der Waals surface area (Å²) in [4.78, 5) is 28.0. The van der Waals surface area contributed by atoms with Crippen LogP contribution in [0.25, 0.3) is 55.5 Å². The van der Waals surface area contributed by atoms with Crippen molar-refractivity contribution in [3.8, 4) is 55.5 Å². The number of rotatable bonds is 12. The van der Waals surface area contributed by atoms with E-state index in [1.54, 1.807) is 12.1 Å². The number of carbonyl (C=O) groups is 2. The molecule has 10 heteroatoms. The van der Waals surface area contributed by atoms with Gasteiger partial charge in [-0.15, -0.1) is 22.7 Å². The SMILES string of the molecule is CCn1c(-c2ccc(N(c3ccc(-c4ccc(/C=C(\C#N)OC=O)s4)cc3)c3ccc4c(c3)C(C)(C)c3ccccc3-4)cc2)ccc1-c1ccc(/C=C(\C#N)C(=O)O)s1. The van der Waals surface area contributed by atoms with E-state index in [-0.39, 0.29) is 23.2 Å². The second-order valence-electron chi connectivity index (χ2n) is 14.4. The molecule has 0 spiro atoms. The summed E-state index contributed by atoms with van der Waals surface area (Å²) in [5, 5.41) is 27.9. The highest BCUT2D eigenvalue weighted by molar-refractivity contribution is 7.16. The molecule has 7 aromatic rings. The molecule has 4 aromatic carbocycles. The van der Waals surface area contributed by atoms with E-state index in [1.165, 1.54) is 51.0 Å². The van der Waals surface area contributed by atoms with Crippen LogP contribution in [-0.2, 0) is 26.3 Å². The standard InChI is InChI=1S/C49H36N4O4S2/c1-4-52-44(21-22-45(52)47-24-19-38(59-47)25-33(28-50)48(55)56)31-9-13-34(14-10-31)53(36-17-20-41-40-7-5-6-8-42(40)49(2,3)43(41)26-36)35-15-11-32(12-16-35)46-23-18-39(58-46)27-37(29-51)57-30-54/h5-27,30H,4H2,1-3H3,(H,55,56)/b33-25+,37-27+. The highest BCUT2D eigenvalue weighted by Gasteiger charge is 2.35. The van der Waals surface area contributed by atoms with Gasteiger partial charge in [-0.3, -0.25) is 4.79 Å². The highest BCUT2D eigenvalue weighted by Crippen LogP contribution is 2.51. The van der Waals surface area contributed by atoms with Crippen molar-refractivity contribution in [3.63, 3.8) is 0 Å². The van der Waals surface area contributed by atoms with E-state index in [9.17, 15) is 25.2 Å². The number of carbonyl (C=O) groups excluding carboxylic acids is 1. The van der Waals surface area contributed by atoms with Crippen LogP contribution in [0.4, 0.5) is 17.1 Å². The number of nitrogens with zero attached hydrogens (tertiary/aromatic N) is 4. The number of carboxylic acid groups (broad SMARTS) is 1. The lowest BCUT2D eigenvalue weighted by Crippen LogP contribution is -2.16. The van der Waals surface area contributed by atoms with Gasteiger partial charge in [0.1, 0.15) is 17.7 Å². The molecule has 0 aliphatic heterocycles. The fourth-order valence-corrected chi connectivity index (χ4v) is 9.75. The van der Waals surface area contributed by atoms with E-state index in [4.69, 9.17) is 4.74 Å². The molecule has 0 saturated heterocycles. The van der Waals surface area contributed by atoms with Gasteiger partial charge in [0.05, 0.1) is 10.6 Å². The molecule has 0 fully saturated rings. The lowest BCUT2D eigenvalue weighted by Gasteiger charge is -2.28. The van der Waals surface area contributed by atoms with Crippen molar-refractivity contribution in [2.75, 3.05) is 4.90 Å². The molecule has 0 bridgehead atoms. The molecule has 3 heterocycles. The van der Waals surface area contributed by atoms with E-state index in [0.717, 1.165) is 60.8 Å². The number of allylic oxidation sites excluding steroid dienone is 1. The first-order chi connectivity index (χ1) is 28.6. The number of benzene rings is 4. The predicted octanol–water partition coefficient (Wildman–Crippen LogP) is 12.4. The number of carboxylic acids is 1. The molecule has 1 aliphatic carbocycles. The van der Waals surface area contributed by atoms with Crippen molar-refractivity contribution >= 4 is 64.3 Å². The Hall–Kier alpha value is -7.24. The van der Waals surface area contributed by atoms with Crippen LogP contribution >= 0.6 is 22.7 Å². The monoisotopic (exact) mass is 808 g/mol. The molecular weight excluding hydrogens is 773 g/mol. The molecule has 0 radical (unpaired) electrons. The highest BCUT2D eigenvalue weighted by atomic mass is 32.1. The van der Waals surface area contributed by atoms with Crippen molar-refractivity contribution in [2.24, 2.45) is 0 Å². The summed E-state index contributed by atoms with van der Waals surface area (Å²) >= 11 is 2.95. The first kappa shape index (κ1) is 38.6. The Bertz CT molecular complexity index is 2900. The number of nitriles is 2. The second kappa shape index (κ2) is 16.0. The zero-order valence-electron chi connectivity index (χ0n) is 32.3. The zero-order chi connectivity index (χ0) is 41.3. The molecule has 0 atom stereocenters. The Balaban J connectivity index is 1.16. The van der Waals surface area contributed by atoms with Gasteiger partial charge in [0.2, 0.25) is 5.76 Å². The average Bonchev–Trinajstić information content (AvgIpc) is 4.06. The minimum absolute atomic E-state index is 0.0611. The van der Waals surface area contributed by atoms with Crippen LogP contribution in [0, 0.1) is 22.7 Å². The van der Waals surface area contributed by atoms with Crippen molar-refractivity contribution < 1.29 is 19.4 Å². The minimum atomic E-state index is -1.24. The summed E-state index contributed by atoms with van der Waals surface area (Å²) in [7, 11) is 0. The Labute approximate surface area is 350 Å². The van der Waals surface area contributed by atoms with Crippen LogP contribution in [0.15, 0.2) is 139 Å². The number of aliphatic carboxylic acids is 1. The van der Waals surface area contributed by atoms with Crippen molar-refractivity contribution in [2.45, 2.75) is 32.7 Å². The molecule has 1 N–H and O–H groups in total. The smallest absolute Gasteiger partial charge is 0.346 e. The van der Waals surface area contributed by atoms with Crippen molar-refractivity contribution in [3.05, 3.63) is 160 Å². The maximum atomic E-state index is 11.4. The normalized spacial score (nSPS) is 12.9. The van der Waals surface area contributed by atoms with E-state index >= 15 is 0 Å². The predicted molar refractivity (Wildman–Crippen MR) is 236 cm³/mol. The molecular formula is C49H36N4O4S2. The van der Waals surface area contributed by atoms with Crippen LogP contribution in [-0.4, -0.2) is 22.1 Å². The topological polar surface area (TPSA) is 119 Å². The van der Waals surface area contributed by atoms with Gasteiger partial charge in [0.15, 0.2) is 0 Å². The Morgan fingerprint density at radius 2 is 1.34 bits per heavy atom. The summed E-state index contributed by atoms with van der Waals surface area (Å²) in [6.07, 6.45) is 2.97. The number of ether oxygens (including phenoxy) is 1. The molecule has 3 aromatic heterocycles. The number of thiophene rings is 2. The van der Waals surface area contributed by atoms with Gasteiger partial charge in [-0.1, -0.05) is 68.4 Å². The maximum absolute atomic E-state index is 11.4. The van der Waals surface area contributed by atoms with Crippen LogP contribution < -0.4 is 4.90 Å². The summed E-state index contributed by atoms with van der Waals surface area (Å²) in [6, 6.07) is 48.0. The van der Waals surface area contributed by atoms with Gasteiger partial charge in [-0.2, -0.15) is 10.5 Å². The van der Waals surface area contributed by atoms with Crippen LogP contribution in [0.1, 0.15) is 41.7 Å². The Morgan fingerprint density at radius 1 is 0.729 bits per heavy atom. The minimum Gasteiger partial charge on any atom is -0.477 e. The molecule has 0 unspecified atom stereocenters. The summed E-state index contributed by atoms with van der Waals surface area (Å²) in [6.45, 7) is 7.65.